The Morgan fingerprint density at radius 3 is 2.30 bits per heavy atom. The first-order chi connectivity index (χ1) is 19.2. The van der Waals surface area contributed by atoms with Crippen molar-refractivity contribution in [2.75, 3.05) is 65.6 Å². The molecule has 1 N–H and O–H groups in total. The Morgan fingerprint density at radius 2 is 1.65 bits per heavy atom. The lowest BCUT2D eigenvalue weighted by Crippen LogP contribution is -2.57. The summed E-state index contributed by atoms with van der Waals surface area (Å²) in [4.78, 5) is 51.0. The van der Waals surface area contributed by atoms with E-state index in [0.29, 0.717) is 45.8 Å². The molecule has 5 aliphatic rings. The number of morpholine rings is 1. The molecule has 0 aromatic rings. The molecule has 10 heteroatoms. The van der Waals surface area contributed by atoms with Crippen LogP contribution < -0.4 is 0 Å². The number of fused-ring (bicyclic) bond motifs is 2. The summed E-state index contributed by atoms with van der Waals surface area (Å²) in [5, 5.41) is 10.5. The van der Waals surface area contributed by atoms with Crippen molar-refractivity contribution in [2.45, 2.75) is 62.1 Å². The largest absolute Gasteiger partial charge is 0.394 e. The highest BCUT2D eigenvalue weighted by molar-refractivity contribution is 8.02. The molecule has 6 atom stereocenters. The van der Waals surface area contributed by atoms with E-state index in [1.54, 1.807) is 16.7 Å². The van der Waals surface area contributed by atoms with Crippen molar-refractivity contribution in [2.24, 2.45) is 17.8 Å². The highest BCUT2D eigenvalue weighted by Gasteiger charge is 2.74. The number of likely N-dealkylation sites (tertiary alicyclic amines) is 1. The van der Waals surface area contributed by atoms with E-state index in [9.17, 15) is 19.5 Å². The van der Waals surface area contributed by atoms with Crippen LogP contribution in [0.2, 0.25) is 0 Å². The second-order valence-electron chi connectivity index (χ2n) is 12.5. The first kappa shape index (κ1) is 29.6. The molecule has 0 radical (unpaired) electrons. The minimum atomic E-state index is -0.874. The smallest absolute Gasteiger partial charge is 0.247 e. The average Bonchev–Trinajstić information content (AvgIpc) is 3.21. The number of carbonyl (C=O) groups is 3. The van der Waals surface area contributed by atoms with E-state index in [-0.39, 0.29) is 30.2 Å². The van der Waals surface area contributed by atoms with E-state index >= 15 is 0 Å². The fourth-order valence-corrected chi connectivity index (χ4v) is 9.67. The van der Waals surface area contributed by atoms with Crippen molar-refractivity contribution in [1.82, 2.24) is 19.6 Å². The summed E-state index contributed by atoms with van der Waals surface area (Å²) in [5.74, 6) is -1.25. The molecule has 3 saturated heterocycles. The summed E-state index contributed by atoms with van der Waals surface area (Å²) in [5.41, 5.74) is 0. The Kier molecular flexibility index (Phi) is 8.72. The lowest BCUT2D eigenvalue weighted by molar-refractivity contribution is -0.147. The molecule has 5 heterocycles. The number of aliphatic hydroxyl groups is 1. The van der Waals surface area contributed by atoms with E-state index in [4.69, 9.17) is 4.74 Å². The quantitative estimate of drug-likeness (QED) is 0.419. The molecule has 5 aliphatic heterocycles. The zero-order chi connectivity index (χ0) is 28.7. The normalized spacial score (nSPS) is 35.2. The van der Waals surface area contributed by atoms with Gasteiger partial charge in [0.1, 0.15) is 6.04 Å². The van der Waals surface area contributed by atoms with Gasteiger partial charge in [-0.05, 0) is 25.7 Å². The maximum atomic E-state index is 14.6. The van der Waals surface area contributed by atoms with Gasteiger partial charge in [-0.2, -0.15) is 0 Å². The molecule has 5 rings (SSSR count). The summed E-state index contributed by atoms with van der Waals surface area (Å²) < 4.78 is 4.01. The van der Waals surface area contributed by atoms with Crippen LogP contribution in [0, 0.1) is 17.8 Å². The molecule has 1 unspecified atom stereocenters. The number of ether oxygens (including phenoxy) is 1. The Balaban J connectivity index is 1.55. The van der Waals surface area contributed by atoms with Gasteiger partial charge in [0.25, 0.3) is 0 Å². The van der Waals surface area contributed by atoms with Gasteiger partial charge >= 0.3 is 0 Å². The van der Waals surface area contributed by atoms with E-state index in [0.717, 1.165) is 26.1 Å². The SMILES string of the molecule is CCCN1CC=C[C@]2(C)S[C@]34C=CCN(CCN5CCOCC5)C(=O)C3N([C@@H](CO)CC(C)C)C(=O)[C@@H]4[C@@H]2C1=O. The molecule has 3 amide bonds. The molecule has 9 nitrogen and oxygen atoms in total. The Bertz CT molecular complexity index is 1050. The maximum Gasteiger partial charge on any atom is 0.247 e. The second kappa shape index (κ2) is 11.8. The van der Waals surface area contributed by atoms with E-state index in [2.05, 4.69) is 50.8 Å². The molecule has 1 spiro atoms. The zero-order valence-corrected chi connectivity index (χ0v) is 25.3. The predicted octanol–water partition coefficient (Wildman–Crippen LogP) is 1.62. The van der Waals surface area contributed by atoms with Crippen molar-refractivity contribution < 1.29 is 24.2 Å². The van der Waals surface area contributed by atoms with Gasteiger partial charge in [0.05, 0.1) is 42.4 Å². The number of rotatable bonds is 9. The van der Waals surface area contributed by atoms with Crippen LogP contribution in [0.3, 0.4) is 0 Å². The highest BCUT2D eigenvalue weighted by Crippen LogP contribution is 2.65. The fourth-order valence-electron chi connectivity index (χ4n) is 7.53. The molecule has 40 heavy (non-hydrogen) atoms. The van der Waals surface area contributed by atoms with Crippen molar-refractivity contribution in [3.63, 3.8) is 0 Å². The first-order valence-corrected chi connectivity index (χ1v) is 15.8. The Morgan fingerprint density at radius 1 is 0.975 bits per heavy atom. The number of amides is 3. The van der Waals surface area contributed by atoms with Crippen LogP contribution in [0.15, 0.2) is 24.3 Å². The number of carbonyl (C=O) groups excluding carboxylic acids is 3. The summed E-state index contributed by atoms with van der Waals surface area (Å²) in [7, 11) is 0. The fraction of sp³-hybridized carbons (Fsp3) is 0.767. The lowest BCUT2D eigenvalue weighted by atomic mass is 9.74. The summed E-state index contributed by atoms with van der Waals surface area (Å²) in [6.07, 6.45) is 9.71. The van der Waals surface area contributed by atoms with Gasteiger partial charge in [0.15, 0.2) is 0 Å². The third-order valence-corrected chi connectivity index (χ3v) is 11.1. The second-order valence-corrected chi connectivity index (χ2v) is 14.3. The third-order valence-electron chi connectivity index (χ3n) is 9.29. The van der Waals surface area contributed by atoms with Gasteiger partial charge in [0.2, 0.25) is 17.7 Å². The van der Waals surface area contributed by atoms with Gasteiger partial charge in [-0.1, -0.05) is 45.1 Å². The minimum absolute atomic E-state index is 0.00338. The van der Waals surface area contributed by atoms with Gasteiger partial charge in [-0.15, -0.1) is 11.8 Å². The molecular formula is C30H46N4O5S. The van der Waals surface area contributed by atoms with Crippen molar-refractivity contribution in [3.05, 3.63) is 24.3 Å². The molecule has 222 valence electrons. The summed E-state index contributed by atoms with van der Waals surface area (Å²) in [6.45, 7) is 14.1. The van der Waals surface area contributed by atoms with Crippen LogP contribution in [-0.2, 0) is 19.1 Å². The van der Waals surface area contributed by atoms with E-state index in [1.807, 2.05) is 15.9 Å². The average molecular weight is 575 g/mol. The highest BCUT2D eigenvalue weighted by atomic mass is 32.2. The standard InChI is InChI=1S/C30H46N4O5S/c1-5-10-32-11-6-8-29(4)23(26(32)36)24-27(37)34(22(20-35)19-21(2)3)25-28(38)33(12-7-9-30(24,25)40-29)14-13-31-15-17-39-18-16-31/h6-9,21-25,35H,5,10-20H2,1-4H3/t22-,23-,24+,25?,29+,30+/m1/s1. The van der Waals surface area contributed by atoms with Crippen LogP contribution in [0.25, 0.3) is 0 Å². The third kappa shape index (κ3) is 5.03. The number of nitrogens with zero attached hydrogens (tertiary/aromatic N) is 4. The van der Waals surface area contributed by atoms with Crippen LogP contribution in [0.4, 0.5) is 0 Å². The number of hydrogen-bond donors (Lipinski definition) is 1. The molecule has 0 aliphatic carbocycles. The minimum Gasteiger partial charge on any atom is -0.394 e. The first-order valence-electron chi connectivity index (χ1n) is 15.0. The van der Waals surface area contributed by atoms with Crippen LogP contribution in [-0.4, -0.2) is 130 Å². The molecule has 0 saturated carbocycles. The van der Waals surface area contributed by atoms with Crippen LogP contribution in [0.5, 0.6) is 0 Å². The van der Waals surface area contributed by atoms with Gasteiger partial charge in [-0.25, -0.2) is 0 Å². The van der Waals surface area contributed by atoms with E-state index < -0.39 is 33.4 Å². The summed E-state index contributed by atoms with van der Waals surface area (Å²) in [6, 6.07) is -1.24. The van der Waals surface area contributed by atoms with Crippen LogP contribution in [0.1, 0.15) is 40.5 Å². The zero-order valence-electron chi connectivity index (χ0n) is 24.5. The van der Waals surface area contributed by atoms with Gasteiger partial charge in [0, 0.05) is 50.6 Å². The molecule has 0 bridgehead atoms. The lowest BCUT2D eigenvalue weighted by Gasteiger charge is -2.40. The number of hydrogen-bond acceptors (Lipinski definition) is 7. The summed E-state index contributed by atoms with van der Waals surface area (Å²) >= 11 is 1.62. The van der Waals surface area contributed by atoms with Crippen molar-refractivity contribution in [1.29, 1.82) is 0 Å². The van der Waals surface area contributed by atoms with Crippen molar-refractivity contribution >= 4 is 29.5 Å². The predicted molar refractivity (Wildman–Crippen MR) is 156 cm³/mol. The topological polar surface area (TPSA) is 93.6 Å². The number of thioether (sulfide) groups is 1. The Hall–Kier alpha value is -1.88. The number of aliphatic hydroxyl groups excluding tert-OH is 1. The van der Waals surface area contributed by atoms with Gasteiger partial charge in [-0.3, -0.25) is 19.3 Å². The molecule has 0 aromatic heterocycles. The monoisotopic (exact) mass is 574 g/mol. The van der Waals surface area contributed by atoms with Gasteiger partial charge < -0.3 is 24.5 Å². The molecule has 0 aromatic carbocycles. The maximum absolute atomic E-state index is 14.6. The van der Waals surface area contributed by atoms with Crippen LogP contribution >= 0.6 is 11.8 Å². The van der Waals surface area contributed by atoms with Crippen molar-refractivity contribution in [3.8, 4) is 0 Å². The Labute approximate surface area is 242 Å². The molecular weight excluding hydrogens is 528 g/mol. The molecule has 3 fully saturated rings. The van der Waals surface area contributed by atoms with E-state index in [1.165, 1.54) is 0 Å².